The first kappa shape index (κ1) is 19.0. The summed E-state index contributed by atoms with van der Waals surface area (Å²) in [4.78, 5) is 18.5. The molecular formula is C17H25N5O3S. The Labute approximate surface area is 154 Å². The lowest BCUT2D eigenvalue weighted by Gasteiger charge is -2.43. The monoisotopic (exact) mass is 379 g/mol. The number of rotatable bonds is 4. The van der Waals surface area contributed by atoms with E-state index in [-0.39, 0.29) is 12.5 Å². The van der Waals surface area contributed by atoms with Crippen LogP contribution >= 0.6 is 10.8 Å². The molecule has 3 rings (SSSR count). The number of fused-ring (bicyclic) bond motifs is 1. The molecule has 0 saturated carbocycles. The van der Waals surface area contributed by atoms with Gasteiger partial charge in [0.25, 0.3) is 0 Å². The fraction of sp³-hybridized carbons (Fsp3) is 0.412. The molecule has 1 saturated heterocycles. The van der Waals surface area contributed by atoms with Gasteiger partial charge in [0, 0.05) is 55.9 Å². The molecular weight excluding hydrogens is 354 g/mol. The number of aromatic nitrogens is 1. The van der Waals surface area contributed by atoms with E-state index in [1.54, 1.807) is 39.8 Å². The largest absolute Gasteiger partial charge is 0.340 e. The molecule has 8 nitrogen and oxygen atoms in total. The van der Waals surface area contributed by atoms with Crippen LogP contribution in [0.2, 0.25) is 0 Å². The predicted octanol–water partition coefficient (Wildman–Crippen LogP) is 1.08. The van der Waals surface area contributed by atoms with Crippen LogP contribution in [0.1, 0.15) is 6.42 Å². The van der Waals surface area contributed by atoms with Crippen molar-refractivity contribution in [1.29, 1.82) is 0 Å². The molecule has 1 aliphatic rings. The summed E-state index contributed by atoms with van der Waals surface area (Å²) in [6.45, 7) is 1.84. The third kappa shape index (κ3) is 3.68. The number of amides is 1. The Kier molecular flexibility index (Phi) is 5.76. The second kappa shape index (κ2) is 7.87. The third-order valence-electron chi connectivity index (χ3n) is 4.63. The minimum absolute atomic E-state index is 0.0955. The average molecular weight is 379 g/mol. The summed E-state index contributed by atoms with van der Waals surface area (Å²) in [5, 5.41) is 1.62. The zero-order valence-corrected chi connectivity index (χ0v) is 15.3. The molecule has 0 aliphatic carbocycles. The highest BCUT2D eigenvalue weighted by molar-refractivity contribution is 8.22. The zero-order chi connectivity index (χ0) is 18.7. The van der Waals surface area contributed by atoms with E-state index in [9.17, 15) is 13.9 Å². The summed E-state index contributed by atoms with van der Waals surface area (Å²) in [5.74, 6) is -0.193. The van der Waals surface area contributed by atoms with Gasteiger partial charge in [0.1, 0.15) is 0 Å². The number of hydrogen-bond acceptors (Lipinski definition) is 7. The predicted molar refractivity (Wildman–Crippen MR) is 103 cm³/mol. The number of hydrogen-bond donors (Lipinski definition) is 4. The molecule has 1 atom stereocenters. The number of nitrogens with zero attached hydrogens (tertiary/aromatic N) is 3. The van der Waals surface area contributed by atoms with E-state index in [0.29, 0.717) is 37.5 Å². The lowest BCUT2D eigenvalue weighted by atomic mass is 10.2. The smallest absolute Gasteiger partial charge is 0.240 e. The lowest BCUT2D eigenvalue weighted by Crippen LogP contribution is -2.48. The minimum Gasteiger partial charge on any atom is -0.340 e. The molecule has 0 radical (unpaired) electrons. The number of pyridine rings is 1. The van der Waals surface area contributed by atoms with Gasteiger partial charge >= 0.3 is 0 Å². The Hall–Kier alpha value is -1.75. The first-order valence-corrected chi connectivity index (χ1v) is 10.1. The molecule has 1 aromatic carbocycles. The standard InChI is InChI=1S/C17H25N5O3S/c18-11-15(19)17(23)21-7-2-8-22(10-9-21)26(24,25)16-4-1-3-13-12-20-6-5-14(13)16/h1,3-6,12,15,24-25H,2,7-11,18-19H2/t15-/m0/s1. The van der Waals surface area contributed by atoms with Crippen LogP contribution in [0.5, 0.6) is 0 Å². The van der Waals surface area contributed by atoms with Crippen LogP contribution in [0.3, 0.4) is 0 Å². The molecule has 6 N–H and O–H groups in total. The first-order chi connectivity index (χ1) is 12.4. The van der Waals surface area contributed by atoms with E-state index in [1.165, 1.54) is 0 Å². The molecule has 1 aromatic heterocycles. The summed E-state index contributed by atoms with van der Waals surface area (Å²) in [6.07, 6.45) is 3.97. The third-order valence-corrected chi connectivity index (χ3v) is 6.66. The Morgan fingerprint density at radius 2 is 2.04 bits per heavy atom. The van der Waals surface area contributed by atoms with Crippen molar-refractivity contribution in [3.63, 3.8) is 0 Å². The van der Waals surface area contributed by atoms with Crippen molar-refractivity contribution in [1.82, 2.24) is 14.2 Å². The van der Waals surface area contributed by atoms with E-state index in [4.69, 9.17) is 11.5 Å². The molecule has 9 heteroatoms. The SMILES string of the molecule is NC[C@H](N)C(=O)N1CCCN(S(O)(O)c2cccc3cnccc23)CC1. The van der Waals surface area contributed by atoms with Gasteiger partial charge in [0.15, 0.2) is 0 Å². The number of carbonyl (C=O) groups excluding carboxylic acids is 1. The number of nitrogens with two attached hydrogens (primary N) is 2. The molecule has 0 spiro atoms. The minimum atomic E-state index is -3.18. The van der Waals surface area contributed by atoms with Crippen molar-refractivity contribution in [2.45, 2.75) is 17.4 Å². The maximum absolute atomic E-state index is 12.3. The maximum Gasteiger partial charge on any atom is 0.240 e. The van der Waals surface area contributed by atoms with E-state index in [1.807, 2.05) is 6.07 Å². The van der Waals surface area contributed by atoms with Gasteiger partial charge in [0.2, 0.25) is 5.91 Å². The normalized spacial score (nSPS) is 18.5. The van der Waals surface area contributed by atoms with Crippen LogP contribution in [0.15, 0.2) is 41.6 Å². The summed E-state index contributed by atoms with van der Waals surface area (Å²) in [7, 11) is -3.18. The maximum atomic E-state index is 12.3. The van der Waals surface area contributed by atoms with Gasteiger partial charge in [-0.2, -0.15) is 0 Å². The molecule has 1 aliphatic heterocycles. The van der Waals surface area contributed by atoms with Gasteiger partial charge in [-0.3, -0.25) is 18.9 Å². The lowest BCUT2D eigenvalue weighted by molar-refractivity contribution is -0.132. The van der Waals surface area contributed by atoms with Crippen LogP contribution in [0, 0.1) is 0 Å². The summed E-state index contributed by atoms with van der Waals surface area (Å²) < 4.78 is 23.7. The van der Waals surface area contributed by atoms with Crippen molar-refractivity contribution >= 4 is 27.5 Å². The van der Waals surface area contributed by atoms with Crippen LogP contribution < -0.4 is 11.5 Å². The molecule has 1 fully saturated rings. The van der Waals surface area contributed by atoms with Crippen LogP contribution in [0.25, 0.3) is 10.8 Å². The molecule has 1 amide bonds. The fourth-order valence-electron chi connectivity index (χ4n) is 3.17. The number of carbonyl (C=O) groups is 1. The van der Waals surface area contributed by atoms with Crippen molar-refractivity contribution < 1.29 is 13.9 Å². The first-order valence-electron chi connectivity index (χ1n) is 8.55. The highest BCUT2D eigenvalue weighted by Gasteiger charge is 2.30. The van der Waals surface area contributed by atoms with E-state index < -0.39 is 16.8 Å². The van der Waals surface area contributed by atoms with Crippen molar-refractivity contribution in [2.75, 3.05) is 32.7 Å². The van der Waals surface area contributed by atoms with Crippen LogP contribution in [-0.2, 0) is 4.79 Å². The van der Waals surface area contributed by atoms with Gasteiger partial charge in [-0.15, -0.1) is 10.8 Å². The Bertz CT molecular complexity index is 783. The van der Waals surface area contributed by atoms with Gasteiger partial charge in [0.05, 0.1) is 10.9 Å². The quantitative estimate of drug-likeness (QED) is 0.625. The second-order valence-electron chi connectivity index (χ2n) is 6.32. The molecule has 0 unspecified atom stereocenters. The van der Waals surface area contributed by atoms with E-state index in [2.05, 4.69) is 4.98 Å². The van der Waals surface area contributed by atoms with Gasteiger partial charge in [-0.1, -0.05) is 12.1 Å². The molecule has 2 heterocycles. The van der Waals surface area contributed by atoms with Gasteiger partial charge < -0.3 is 16.4 Å². The molecule has 2 aromatic rings. The van der Waals surface area contributed by atoms with Crippen molar-refractivity contribution in [3.05, 3.63) is 36.7 Å². The van der Waals surface area contributed by atoms with Crippen molar-refractivity contribution in [3.8, 4) is 0 Å². The highest BCUT2D eigenvalue weighted by Crippen LogP contribution is 2.54. The fourth-order valence-corrected chi connectivity index (χ4v) is 4.91. The zero-order valence-electron chi connectivity index (χ0n) is 14.5. The van der Waals surface area contributed by atoms with Gasteiger partial charge in [-0.25, -0.2) is 4.31 Å². The number of benzene rings is 1. The molecule has 142 valence electrons. The topological polar surface area (TPSA) is 129 Å². The average Bonchev–Trinajstić information content (AvgIpc) is 2.93. The summed E-state index contributed by atoms with van der Waals surface area (Å²) >= 11 is 0. The van der Waals surface area contributed by atoms with Crippen LogP contribution in [-0.4, -0.2) is 68.0 Å². The Morgan fingerprint density at radius 1 is 1.23 bits per heavy atom. The molecule has 0 bridgehead atoms. The van der Waals surface area contributed by atoms with Crippen LogP contribution in [0.4, 0.5) is 0 Å². The highest BCUT2D eigenvalue weighted by atomic mass is 32.3. The van der Waals surface area contributed by atoms with Gasteiger partial charge in [-0.05, 0) is 18.6 Å². The Balaban J connectivity index is 1.82. The summed E-state index contributed by atoms with van der Waals surface area (Å²) in [5.41, 5.74) is 11.2. The molecule has 26 heavy (non-hydrogen) atoms. The van der Waals surface area contributed by atoms with E-state index >= 15 is 0 Å². The Morgan fingerprint density at radius 3 is 2.81 bits per heavy atom. The second-order valence-corrected chi connectivity index (χ2v) is 8.32. The summed E-state index contributed by atoms with van der Waals surface area (Å²) in [6, 6.07) is 6.48. The van der Waals surface area contributed by atoms with E-state index in [0.717, 1.165) is 10.8 Å². The van der Waals surface area contributed by atoms with Crippen molar-refractivity contribution in [2.24, 2.45) is 11.5 Å².